The molecule has 5 rings (SSSR count). The molecule has 2 heteroatoms. The van der Waals surface area contributed by atoms with Gasteiger partial charge in [-0.15, -0.1) is 0 Å². The second-order valence-corrected chi connectivity index (χ2v) is 16.7. The number of hydrogen-bond acceptors (Lipinski definition) is 2. The van der Waals surface area contributed by atoms with Gasteiger partial charge in [0.2, 0.25) is 0 Å². The van der Waals surface area contributed by atoms with E-state index < -0.39 is 0 Å². The molecular weight excluding hydrogens is 512 g/mol. The summed E-state index contributed by atoms with van der Waals surface area (Å²) in [6, 6.07) is 8.62. The van der Waals surface area contributed by atoms with E-state index in [4.69, 9.17) is 4.74 Å². The van der Waals surface area contributed by atoms with E-state index in [0.29, 0.717) is 16.7 Å². The van der Waals surface area contributed by atoms with Gasteiger partial charge in [-0.05, 0) is 122 Å². The number of allylic oxidation sites excluding steroid dienone is 1. The van der Waals surface area contributed by atoms with Gasteiger partial charge in [0.05, 0.1) is 5.92 Å². The van der Waals surface area contributed by atoms with Crippen LogP contribution in [0.15, 0.2) is 35.9 Å². The van der Waals surface area contributed by atoms with Crippen LogP contribution in [0.4, 0.5) is 0 Å². The number of esters is 1. The van der Waals surface area contributed by atoms with E-state index in [9.17, 15) is 4.79 Å². The lowest BCUT2D eigenvalue weighted by Crippen LogP contribution is -2.51. The highest BCUT2D eigenvalue weighted by molar-refractivity contribution is 5.77. The van der Waals surface area contributed by atoms with Crippen molar-refractivity contribution in [3.8, 4) is 0 Å². The molecule has 0 aromatic heterocycles. The molecule has 0 heterocycles. The molecule has 4 aliphatic rings. The first-order chi connectivity index (χ1) is 19.9. The second kappa shape index (κ2) is 12.8. The summed E-state index contributed by atoms with van der Waals surface area (Å²) >= 11 is 0. The fourth-order valence-electron chi connectivity index (χ4n) is 10.6. The lowest BCUT2D eigenvalue weighted by molar-refractivity contribution is -0.153. The minimum atomic E-state index is -0.213. The van der Waals surface area contributed by atoms with Crippen molar-refractivity contribution in [1.29, 1.82) is 0 Å². The van der Waals surface area contributed by atoms with Gasteiger partial charge in [-0.1, -0.05) is 104 Å². The van der Waals surface area contributed by atoms with Gasteiger partial charge in [0.1, 0.15) is 6.10 Å². The van der Waals surface area contributed by atoms with Gasteiger partial charge >= 0.3 is 5.97 Å². The average Bonchev–Trinajstić information content (AvgIpc) is 3.30. The Morgan fingerprint density at radius 2 is 1.62 bits per heavy atom. The summed E-state index contributed by atoms with van der Waals surface area (Å²) in [5.74, 6) is 5.54. The molecule has 1 aromatic carbocycles. The Hall–Kier alpha value is -1.57. The smallest absolute Gasteiger partial charge is 0.313 e. The predicted molar refractivity (Wildman–Crippen MR) is 176 cm³/mol. The summed E-state index contributed by atoms with van der Waals surface area (Å²) < 4.78 is 6.23. The summed E-state index contributed by atoms with van der Waals surface area (Å²) in [5, 5.41) is 0. The molecule has 9 atom stereocenters. The van der Waals surface area contributed by atoms with Crippen LogP contribution >= 0.6 is 0 Å². The lowest BCUT2D eigenvalue weighted by Gasteiger charge is -2.58. The second-order valence-electron chi connectivity index (χ2n) is 16.7. The number of carbonyl (C=O) groups is 1. The fraction of sp³-hybridized carbons (Fsp3) is 0.775. The zero-order valence-corrected chi connectivity index (χ0v) is 28.4. The number of ether oxygens (including phenoxy) is 1. The molecular formula is C40H62O2. The van der Waals surface area contributed by atoms with Gasteiger partial charge in [-0.3, -0.25) is 4.79 Å². The molecule has 3 fully saturated rings. The summed E-state index contributed by atoms with van der Waals surface area (Å²) in [4.78, 5) is 13.2. The molecule has 42 heavy (non-hydrogen) atoms. The summed E-state index contributed by atoms with van der Waals surface area (Å²) in [6.07, 6.45) is 18.1. The van der Waals surface area contributed by atoms with Gasteiger partial charge in [-0.25, -0.2) is 0 Å². The van der Waals surface area contributed by atoms with Crippen LogP contribution in [0.2, 0.25) is 0 Å². The average molecular weight is 575 g/mol. The summed E-state index contributed by atoms with van der Waals surface area (Å²) in [7, 11) is 0. The highest BCUT2D eigenvalue weighted by Crippen LogP contribution is 2.67. The highest BCUT2D eigenvalue weighted by atomic mass is 16.5. The molecule has 234 valence electrons. The Morgan fingerprint density at radius 1 is 0.881 bits per heavy atom. The first kappa shape index (κ1) is 31.8. The third kappa shape index (κ3) is 6.30. The molecule has 0 amide bonds. The molecule has 0 aliphatic heterocycles. The monoisotopic (exact) mass is 574 g/mol. The number of hydrogen-bond donors (Lipinski definition) is 0. The van der Waals surface area contributed by atoms with Crippen LogP contribution < -0.4 is 0 Å². The van der Waals surface area contributed by atoms with Crippen LogP contribution in [0.5, 0.6) is 0 Å². The van der Waals surface area contributed by atoms with Crippen LogP contribution in [0.1, 0.15) is 143 Å². The van der Waals surface area contributed by atoms with Crippen molar-refractivity contribution in [3.05, 3.63) is 47.0 Å². The standard InChI is InChI=1S/C40H62O2/c1-26(2)10-9-11-28(5)35-18-19-36-34-17-16-32-25-33(20-22-39(32,7)37(34)21-23-40(35,36)8)42-38(41)29(6)31-14-12-30(13-15-31)24-27(3)4/h12-16,26-29,33-37H,9-11,17-25H2,1-8H3. The topological polar surface area (TPSA) is 26.3 Å². The minimum Gasteiger partial charge on any atom is -0.462 e. The van der Waals surface area contributed by atoms with E-state index in [1.165, 1.54) is 63.4 Å². The van der Waals surface area contributed by atoms with Crippen LogP contribution in [0.3, 0.4) is 0 Å². The lowest BCUT2D eigenvalue weighted by atomic mass is 9.47. The van der Waals surface area contributed by atoms with E-state index in [0.717, 1.165) is 60.3 Å². The third-order valence-electron chi connectivity index (χ3n) is 13.0. The number of rotatable bonds is 10. The Morgan fingerprint density at radius 3 is 2.31 bits per heavy atom. The quantitative estimate of drug-likeness (QED) is 0.205. The Balaban J connectivity index is 1.20. The molecule has 9 unspecified atom stereocenters. The van der Waals surface area contributed by atoms with Crippen LogP contribution in [0, 0.1) is 52.3 Å². The molecule has 0 N–H and O–H groups in total. The van der Waals surface area contributed by atoms with Crippen molar-refractivity contribution >= 4 is 5.97 Å². The Kier molecular flexibility index (Phi) is 9.71. The first-order valence-electron chi connectivity index (χ1n) is 17.9. The minimum absolute atomic E-state index is 0.0347. The first-order valence-corrected chi connectivity index (χ1v) is 17.9. The van der Waals surface area contributed by atoms with Gasteiger partial charge in [0, 0.05) is 6.42 Å². The maximum atomic E-state index is 13.2. The molecule has 0 radical (unpaired) electrons. The summed E-state index contributed by atoms with van der Waals surface area (Å²) in [6.45, 7) is 19.1. The van der Waals surface area contributed by atoms with Crippen LogP contribution in [-0.2, 0) is 16.0 Å². The Bertz CT molecular complexity index is 1100. The fourth-order valence-corrected chi connectivity index (χ4v) is 10.6. The van der Waals surface area contributed by atoms with E-state index in [1.54, 1.807) is 5.57 Å². The molecule has 3 saturated carbocycles. The third-order valence-corrected chi connectivity index (χ3v) is 13.0. The maximum Gasteiger partial charge on any atom is 0.313 e. The highest BCUT2D eigenvalue weighted by Gasteiger charge is 2.59. The van der Waals surface area contributed by atoms with Crippen molar-refractivity contribution in [1.82, 2.24) is 0 Å². The molecule has 0 bridgehead atoms. The van der Waals surface area contributed by atoms with E-state index in [1.807, 2.05) is 6.92 Å². The SMILES string of the molecule is CC(C)CCCC(C)C1CCC2C3CC=C4CC(OC(=O)C(C)c5ccc(CC(C)C)cc5)CCC4(C)C3CCC12C. The van der Waals surface area contributed by atoms with Gasteiger partial charge in [0.25, 0.3) is 0 Å². The molecule has 4 aliphatic carbocycles. The van der Waals surface area contributed by atoms with Gasteiger partial charge in [0.15, 0.2) is 0 Å². The number of benzene rings is 1. The molecule has 2 nitrogen and oxygen atoms in total. The molecule has 1 aromatic rings. The van der Waals surface area contributed by atoms with Crippen molar-refractivity contribution in [2.75, 3.05) is 0 Å². The van der Waals surface area contributed by atoms with Crippen molar-refractivity contribution in [3.63, 3.8) is 0 Å². The van der Waals surface area contributed by atoms with Gasteiger partial charge in [-0.2, -0.15) is 0 Å². The van der Waals surface area contributed by atoms with Crippen molar-refractivity contribution in [2.45, 2.75) is 144 Å². The summed E-state index contributed by atoms with van der Waals surface area (Å²) in [5.41, 5.74) is 4.86. The zero-order chi connectivity index (χ0) is 30.2. The largest absolute Gasteiger partial charge is 0.462 e. The molecule has 0 spiro atoms. The number of carbonyl (C=O) groups excluding carboxylic acids is 1. The normalized spacial score (nSPS) is 35.7. The van der Waals surface area contributed by atoms with Crippen molar-refractivity contribution in [2.24, 2.45) is 52.3 Å². The van der Waals surface area contributed by atoms with Crippen LogP contribution in [0.25, 0.3) is 0 Å². The van der Waals surface area contributed by atoms with E-state index in [2.05, 4.69) is 78.8 Å². The predicted octanol–water partition coefficient (Wildman–Crippen LogP) is 10.9. The van der Waals surface area contributed by atoms with Crippen molar-refractivity contribution < 1.29 is 9.53 Å². The van der Waals surface area contributed by atoms with E-state index in [-0.39, 0.29) is 18.0 Å². The zero-order valence-electron chi connectivity index (χ0n) is 28.4. The Labute approximate surface area is 258 Å². The maximum absolute atomic E-state index is 13.2. The van der Waals surface area contributed by atoms with Gasteiger partial charge < -0.3 is 4.74 Å². The molecule has 0 saturated heterocycles. The number of fused-ring (bicyclic) bond motifs is 5. The van der Waals surface area contributed by atoms with E-state index >= 15 is 0 Å². The van der Waals surface area contributed by atoms with Crippen LogP contribution in [-0.4, -0.2) is 12.1 Å².